The van der Waals surface area contributed by atoms with Gasteiger partial charge in [0.15, 0.2) is 11.5 Å². The molecule has 0 radical (unpaired) electrons. The zero-order chi connectivity index (χ0) is 22.9. The Labute approximate surface area is 204 Å². The van der Waals surface area contributed by atoms with Crippen LogP contribution in [0.25, 0.3) is 0 Å². The van der Waals surface area contributed by atoms with E-state index in [2.05, 4.69) is 11.4 Å². The summed E-state index contributed by atoms with van der Waals surface area (Å²) in [6, 6.07) is 17.2. The molecule has 0 unspecified atom stereocenters. The van der Waals surface area contributed by atoms with Crippen LogP contribution in [-0.2, 0) is 19.6 Å². The molecule has 170 valence electrons. The Morgan fingerprint density at radius 2 is 1.66 bits per heavy atom. The van der Waals surface area contributed by atoms with Crippen molar-refractivity contribution < 1.29 is 14.2 Å². The number of ether oxygens (including phenoxy) is 3. The van der Waals surface area contributed by atoms with E-state index in [1.807, 2.05) is 43.3 Å². The average molecular weight is 495 g/mol. The van der Waals surface area contributed by atoms with Gasteiger partial charge in [0.05, 0.1) is 18.7 Å². The van der Waals surface area contributed by atoms with Crippen molar-refractivity contribution in [2.75, 3.05) is 20.3 Å². The number of nitrogens with one attached hydrogen (secondary N) is 1. The van der Waals surface area contributed by atoms with E-state index >= 15 is 0 Å². The summed E-state index contributed by atoms with van der Waals surface area (Å²) in [6.07, 6.45) is 0.860. The van der Waals surface area contributed by atoms with Crippen LogP contribution >= 0.6 is 34.8 Å². The van der Waals surface area contributed by atoms with E-state index in [1.54, 1.807) is 19.2 Å². The lowest BCUT2D eigenvalue weighted by Crippen LogP contribution is -2.17. The topological polar surface area (TPSA) is 39.7 Å². The first-order valence-corrected chi connectivity index (χ1v) is 11.5. The van der Waals surface area contributed by atoms with Gasteiger partial charge in [0.1, 0.15) is 12.4 Å². The molecule has 3 aromatic rings. The van der Waals surface area contributed by atoms with Crippen LogP contribution < -0.4 is 19.5 Å². The predicted molar refractivity (Wildman–Crippen MR) is 132 cm³/mol. The Morgan fingerprint density at radius 3 is 2.41 bits per heavy atom. The van der Waals surface area contributed by atoms with Gasteiger partial charge in [0, 0.05) is 22.2 Å². The summed E-state index contributed by atoms with van der Waals surface area (Å²) in [5.74, 6) is 2.00. The van der Waals surface area contributed by atoms with Gasteiger partial charge in [0.25, 0.3) is 0 Å². The van der Waals surface area contributed by atoms with Gasteiger partial charge in [-0.2, -0.15) is 0 Å². The smallest absolute Gasteiger partial charge is 0.180 e. The molecule has 0 amide bonds. The molecule has 0 atom stereocenters. The van der Waals surface area contributed by atoms with Crippen LogP contribution in [0.1, 0.15) is 23.6 Å². The Hall–Kier alpha value is -2.11. The molecule has 4 nitrogen and oxygen atoms in total. The zero-order valence-electron chi connectivity index (χ0n) is 18.1. The van der Waals surface area contributed by atoms with Gasteiger partial charge in [-0.25, -0.2) is 0 Å². The highest BCUT2D eigenvalue weighted by molar-refractivity contribution is 6.35. The Bertz CT molecular complexity index is 1040. The Balaban J connectivity index is 1.64. The Morgan fingerprint density at radius 1 is 0.844 bits per heavy atom. The summed E-state index contributed by atoms with van der Waals surface area (Å²) in [6.45, 7) is 4.13. The van der Waals surface area contributed by atoms with E-state index in [-0.39, 0.29) is 6.61 Å². The van der Waals surface area contributed by atoms with Gasteiger partial charge < -0.3 is 19.5 Å². The van der Waals surface area contributed by atoms with Crippen LogP contribution in [-0.4, -0.2) is 20.3 Å². The number of halogens is 3. The second-order valence-corrected chi connectivity index (χ2v) is 8.35. The SMILES string of the molecule is CCOc1cc(CNCCc2ccccc2OC)cc(Cl)c1OCc1ccc(Cl)cc1Cl. The first-order chi connectivity index (χ1) is 15.5. The normalized spacial score (nSPS) is 10.8. The van der Waals surface area contributed by atoms with E-state index in [0.29, 0.717) is 39.7 Å². The summed E-state index contributed by atoms with van der Waals surface area (Å²) in [5.41, 5.74) is 2.99. The van der Waals surface area contributed by atoms with E-state index < -0.39 is 0 Å². The van der Waals surface area contributed by atoms with Gasteiger partial charge in [-0.3, -0.25) is 0 Å². The molecule has 0 fully saturated rings. The van der Waals surface area contributed by atoms with E-state index in [9.17, 15) is 0 Å². The Kier molecular flexibility index (Phi) is 9.36. The minimum absolute atomic E-state index is 0.256. The largest absolute Gasteiger partial charge is 0.496 e. The van der Waals surface area contributed by atoms with E-state index in [4.69, 9.17) is 49.0 Å². The third kappa shape index (κ3) is 6.69. The lowest BCUT2D eigenvalue weighted by Gasteiger charge is -2.16. The maximum atomic E-state index is 6.55. The summed E-state index contributed by atoms with van der Waals surface area (Å²) in [5, 5.41) is 5.06. The van der Waals surface area contributed by atoms with Gasteiger partial charge in [-0.15, -0.1) is 0 Å². The second-order valence-electron chi connectivity index (χ2n) is 7.10. The van der Waals surface area contributed by atoms with Crippen molar-refractivity contribution >= 4 is 34.8 Å². The van der Waals surface area contributed by atoms with Gasteiger partial charge in [-0.05, 0) is 61.3 Å². The average Bonchev–Trinajstić information content (AvgIpc) is 2.78. The lowest BCUT2D eigenvalue weighted by molar-refractivity contribution is 0.269. The van der Waals surface area contributed by atoms with Crippen LogP contribution in [0.4, 0.5) is 0 Å². The second kappa shape index (κ2) is 12.2. The fraction of sp³-hybridized carbons (Fsp3) is 0.280. The maximum absolute atomic E-state index is 6.55. The van der Waals surface area contributed by atoms with Gasteiger partial charge in [-0.1, -0.05) is 59.1 Å². The highest BCUT2D eigenvalue weighted by atomic mass is 35.5. The van der Waals surface area contributed by atoms with Crippen molar-refractivity contribution in [3.8, 4) is 17.2 Å². The number of para-hydroxylation sites is 1. The molecule has 0 saturated heterocycles. The maximum Gasteiger partial charge on any atom is 0.180 e. The molecule has 0 heterocycles. The predicted octanol–water partition coefficient (Wildman–Crippen LogP) is 6.97. The number of hydrogen-bond acceptors (Lipinski definition) is 4. The quantitative estimate of drug-likeness (QED) is 0.292. The molecule has 0 saturated carbocycles. The van der Waals surface area contributed by atoms with Crippen molar-refractivity contribution in [3.05, 3.63) is 86.4 Å². The standard InChI is InChI=1S/C25H26Cl3NO3/c1-3-31-24-13-17(15-29-11-10-18-6-4-5-7-23(18)30-2)12-22(28)25(24)32-16-19-8-9-20(26)14-21(19)27/h4-9,12-14,29H,3,10-11,15-16H2,1-2H3. The van der Waals surface area contributed by atoms with Gasteiger partial charge >= 0.3 is 0 Å². The number of hydrogen-bond donors (Lipinski definition) is 1. The first-order valence-electron chi connectivity index (χ1n) is 10.4. The number of methoxy groups -OCH3 is 1. The van der Waals surface area contributed by atoms with Gasteiger partial charge in [0.2, 0.25) is 0 Å². The summed E-state index contributed by atoms with van der Waals surface area (Å²) < 4.78 is 17.2. The van der Waals surface area contributed by atoms with Crippen LogP contribution in [0.3, 0.4) is 0 Å². The molecule has 0 aliphatic heterocycles. The van der Waals surface area contributed by atoms with Crippen molar-refractivity contribution in [1.82, 2.24) is 5.32 Å². The molecule has 0 aliphatic rings. The van der Waals surface area contributed by atoms with Crippen molar-refractivity contribution in [2.45, 2.75) is 26.5 Å². The first kappa shape index (κ1) is 24.5. The third-order valence-corrected chi connectivity index (χ3v) is 5.72. The highest BCUT2D eigenvalue weighted by Gasteiger charge is 2.14. The monoisotopic (exact) mass is 493 g/mol. The molecular weight excluding hydrogens is 469 g/mol. The van der Waals surface area contributed by atoms with Crippen LogP contribution in [0.5, 0.6) is 17.2 Å². The summed E-state index contributed by atoms with van der Waals surface area (Å²) >= 11 is 18.8. The molecule has 32 heavy (non-hydrogen) atoms. The lowest BCUT2D eigenvalue weighted by atomic mass is 10.1. The van der Waals surface area contributed by atoms with Crippen LogP contribution in [0.2, 0.25) is 15.1 Å². The molecule has 3 rings (SSSR count). The highest BCUT2D eigenvalue weighted by Crippen LogP contribution is 2.37. The minimum Gasteiger partial charge on any atom is -0.496 e. The fourth-order valence-electron chi connectivity index (χ4n) is 3.28. The molecule has 0 bridgehead atoms. The molecule has 0 aromatic heterocycles. The summed E-state index contributed by atoms with van der Waals surface area (Å²) in [4.78, 5) is 0. The molecular formula is C25H26Cl3NO3. The number of rotatable bonds is 11. The molecule has 3 aromatic carbocycles. The van der Waals surface area contributed by atoms with Crippen molar-refractivity contribution in [2.24, 2.45) is 0 Å². The van der Waals surface area contributed by atoms with Crippen LogP contribution in [0.15, 0.2) is 54.6 Å². The van der Waals surface area contributed by atoms with Crippen molar-refractivity contribution in [1.29, 1.82) is 0 Å². The van der Waals surface area contributed by atoms with E-state index in [1.165, 1.54) is 5.56 Å². The number of benzene rings is 3. The fourth-order valence-corrected chi connectivity index (χ4v) is 4.03. The molecule has 7 heteroatoms. The molecule has 0 aliphatic carbocycles. The summed E-state index contributed by atoms with van der Waals surface area (Å²) in [7, 11) is 1.69. The molecule has 1 N–H and O–H groups in total. The van der Waals surface area contributed by atoms with Crippen molar-refractivity contribution in [3.63, 3.8) is 0 Å². The van der Waals surface area contributed by atoms with E-state index in [0.717, 1.165) is 29.8 Å². The minimum atomic E-state index is 0.256. The third-order valence-electron chi connectivity index (χ3n) is 4.85. The molecule has 0 spiro atoms. The van der Waals surface area contributed by atoms with Crippen LogP contribution in [0, 0.1) is 0 Å². The zero-order valence-corrected chi connectivity index (χ0v) is 20.4.